The Morgan fingerprint density at radius 3 is 2.16 bits per heavy atom. The number of hydrogen-bond donors (Lipinski definition) is 0. The summed E-state index contributed by atoms with van der Waals surface area (Å²) in [5.41, 5.74) is 2.00. The van der Waals surface area contributed by atoms with Crippen molar-refractivity contribution in [2.75, 3.05) is 26.2 Å². The van der Waals surface area contributed by atoms with Gasteiger partial charge in [-0.05, 0) is 28.7 Å². The molecule has 1 fully saturated rings. The number of halogens is 2. The molecular formula is C27H30Cl2N2O5S. The number of piperazine rings is 1. The Morgan fingerprint density at radius 2 is 1.59 bits per heavy atom. The highest BCUT2D eigenvalue weighted by atomic mass is 35.5. The third kappa shape index (κ3) is 6.56. The zero-order valence-electron chi connectivity index (χ0n) is 21.0. The molecule has 3 aromatic rings. The maximum absolute atomic E-state index is 13.1. The van der Waals surface area contributed by atoms with Gasteiger partial charge in [0.05, 0.1) is 16.6 Å². The average molecular weight is 566 g/mol. The molecule has 37 heavy (non-hydrogen) atoms. The maximum atomic E-state index is 13.1. The summed E-state index contributed by atoms with van der Waals surface area (Å²) in [5, 5.41) is 0.196. The van der Waals surface area contributed by atoms with Crippen LogP contribution in [0.15, 0.2) is 68.9 Å². The van der Waals surface area contributed by atoms with Crippen LogP contribution in [0, 0.1) is 0 Å². The summed E-state index contributed by atoms with van der Waals surface area (Å²) in [5.74, 6) is 0.633. The first-order valence-electron chi connectivity index (χ1n) is 12.0. The Hall–Kier alpha value is -2.36. The van der Waals surface area contributed by atoms with E-state index in [0.29, 0.717) is 25.4 Å². The van der Waals surface area contributed by atoms with Crippen LogP contribution in [-0.4, -0.2) is 43.8 Å². The van der Waals surface area contributed by atoms with Crippen LogP contribution in [0.3, 0.4) is 0 Å². The third-order valence-electron chi connectivity index (χ3n) is 6.29. The molecule has 0 N–H and O–H groups in total. The van der Waals surface area contributed by atoms with Gasteiger partial charge in [0.15, 0.2) is 0 Å². The van der Waals surface area contributed by atoms with Crippen molar-refractivity contribution in [1.29, 1.82) is 0 Å². The highest BCUT2D eigenvalue weighted by molar-refractivity contribution is 7.89. The zero-order chi connectivity index (χ0) is 26.8. The second-order valence-corrected chi connectivity index (χ2v) is 12.7. The molecule has 1 aliphatic heterocycles. The molecule has 0 radical (unpaired) electrons. The van der Waals surface area contributed by atoms with Gasteiger partial charge < -0.3 is 9.15 Å². The van der Waals surface area contributed by atoms with E-state index in [0.717, 1.165) is 5.56 Å². The summed E-state index contributed by atoms with van der Waals surface area (Å²) in [6.45, 7) is 8.58. The molecule has 0 unspecified atom stereocenters. The van der Waals surface area contributed by atoms with Crippen LogP contribution in [0.25, 0.3) is 0 Å². The lowest BCUT2D eigenvalue weighted by atomic mass is 9.87. The summed E-state index contributed by atoms with van der Waals surface area (Å²) in [4.78, 5) is 14.5. The van der Waals surface area contributed by atoms with Gasteiger partial charge in [-0.2, -0.15) is 4.31 Å². The molecule has 1 aliphatic rings. The van der Waals surface area contributed by atoms with Gasteiger partial charge in [-0.3, -0.25) is 9.69 Å². The summed E-state index contributed by atoms with van der Waals surface area (Å²) in [6.07, 6.45) is 1.33. The first-order valence-corrected chi connectivity index (χ1v) is 14.2. The molecule has 0 atom stereocenters. The largest absolute Gasteiger partial charge is 0.482 e. The Bertz CT molecular complexity index is 1390. The van der Waals surface area contributed by atoms with E-state index in [1.807, 2.05) is 17.0 Å². The van der Waals surface area contributed by atoms with E-state index < -0.39 is 10.0 Å². The number of benzene rings is 2. The monoisotopic (exact) mass is 564 g/mol. The SMILES string of the molecule is CC(C)(C)c1ccc(COc2coc(CN3CCN(S(=O)(=O)c4c(Cl)cccc4Cl)CC3)cc2=O)cc1. The summed E-state index contributed by atoms with van der Waals surface area (Å²) < 4.78 is 38.9. The fraction of sp³-hybridized carbons (Fsp3) is 0.370. The van der Waals surface area contributed by atoms with Crippen LogP contribution >= 0.6 is 23.2 Å². The number of nitrogens with zero attached hydrogens (tertiary/aromatic N) is 2. The molecule has 10 heteroatoms. The van der Waals surface area contributed by atoms with Crippen LogP contribution in [-0.2, 0) is 28.6 Å². The molecule has 1 aromatic heterocycles. The van der Waals surface area contributed by atoms with Crippen molar-refractivity contribution < 1.29 is 17.6 Å². The fourth-order valence-electron chi connectivity index (χ4n) is 4.10. The number of rotatable bonds is 7. The van der Waals surface area contributed by atoms with Crippen molar-refractivity contribution in [2.45, 2.75) is 44.2 Å². The van der Waals surface area contributed by atoms with Crippen LogP contribution in [0.5, 0.6) is 5.75 Å². The van der Waals surface area contributed by atoms with E-state index >= 15 is 0 Å². The lowest BCUT2D eigenvalue weighted by Gasteiger charge is -2.33. The minimum atomic E-state index is -3.82. The predicted molar refractivity (Wildman–Crippen MR) is 145 cm³/mol. The molecule has 0 amide bonds. The van der Waals surface area contributed by atoms with Crippen molar-refractivity contribution in [3.63, 3.8) is 0 Å². The van der Waals surface area contributed by atoms with Gasteiger partial charge in [0.2, 0.25) is 21.2 Å². The second-order valence-electron chi connectivity index (χ2n) is 10.0. The summed E-state index contributed by atoms with van der Waals surface area (Å²) in [7, 11) is -3.82. The fourth-order valence-corrected chi connectivity index (χ4v) is 6.61. The van der Waals surface area contributed by atoms with E-state index in [1.54, 1.807) is 6.07 Å². The molecule has 2 aromatic carbocycles. The number of hydrogen-bond acceptors (Lipinski definition) is 6. The van der Waals surface area contributed by atoms with Crippen LogP contribution in [0.2, 0.25) is 10.0 Å². The van der Waals surface area contributed by atoms with Gasteiger partial charge >= 0.3 is 0 Å². The second kappa shape index (κ2) is 11.2. The van der Waals surface area contributed by atoms with Crippen molar-refractivity contribution in [3.05, 3.63) is 91.9 Å². The topological polar surface area (TPSA) is 80.1 Å². The van der Waals surface area contributed by atoms with E-state index in [-0.39, 0.29) is 51.2 Å². The number of ether oxygens (including phenoxy) is 1. The predicted octanol–water partition coefficient (Wildman–Crippen LogP) is 5.33. The standard InChI is InChI=1S/C27H30Cl2N2O5S/c1-27(2,3)20-9-7-19(8-10-20)17-36-25-18-35-21(15-24(25)32)16-30-11-13-31(14-12-30)37(33,34)26-22(28)5-4-6-23(26)29/h4-10,15,18H,11-14,16-17H2,1-3H3. The zero-order valence-corrected chi connectivity index (χ0v) is 23.4. The lowest BCUT2D eigenvalue weighted by molar-refractivity contribution is 0.169. The van der Waals surface area contributed by atoms with Gasteiger partial charge in [-0.25, -0.2) is 8.42 Å². The number of sulfonamides is 1. The van der Waals surface area contributed by atoms with Gasteiger partial charge in [0, 0.05) is 32.2 Å². The van der Waals surface area contributed by atoms with Gasteiger partial charge in [0.1, 0.15) is 23.5 Å². The molecule has 198 valence electrons. The lowest BCUT2D eigenvalue weighted by Crippen LogP contribution is -2.48. The average Bonchev–Trinajstić information content (AvgIpc) is 2.83. The minimum Gasteiger partial charge on any atom is -0.482 e. The molecule has 1 saturated heterocycles. The Balaban J connectivity index is 1.33. The van der Waals surface area contributed by atoms with Crippen LogP contribution < -0.4 is 10.2 Å². The van der Waals surface area contributed by atoms with Gasteiger partial charge in [0.25, 0.3) is 0 Å². The molecule has 0 aliphatic carbocycles. The Morgan fingerprint density at radius 1 is 0.973 bits per heavy atom. The van der Waals surface area contributed by atoms with E-state index in [4.69, 9.17) is 32.4 Å². The Labute approximate surface area is 227 Å². The smallest absolute Gasteiger partial charge is 0.246 e. The molecule has 0 spiro atoms. The summed E-state index contributed by atoms with van der Waals surface area (Å²) in [6, 6.07) is 14.2. The third-order valence-corrected chi connectivity index (χ3v) is 9.15. The molecule has 4 rings (SSSR count). The first-order chi connectivity index (χ1) is 17.4. The highest BCUT2D eigenvalue weighted by Gasteiger charge is 2.32. The van der Waals surface area contributed by atoms with E-state index in [1.165, 1.54) is 34.3 Å². The quantitative estimate of drug-likeness (QED) is 0.386. The molecular weight excluding hydrogens is 535 g/mol. The summed E-state index contributed by atoms with van der Waals surface area (Å²) >= 11 is 12.2. The molecule has 2 heterocycles. The molecule has 7 nitrogen and oxygen atoms in total. The van der Waals surface area contributed by atoms with E-state index in [9.17, 15) is 13.2 Å². The van der Waals surface area contributed by atoms with Crippen LogP contribution in [0.4, 0.5) is 0 Å². The van der Waals surface area contributed by atoms with Gasteiger partial charge in [-0.1, -0.05) is 74.3 Å². The normalized spacial score (nSPS) is 15.6. The van der Waals surface area contributed by atoms with Crippen molar-refractivity contribution in [1.82, 2.24) is 9.21 Å². The van der Waals surface area contributed by atoms with Crippen molar-refractivity contribution in [3.8, 4) is 5.75 Å². The van der Waals surface area contributed by atoms with E-state index in [2.05, 4.69) is 32.9 Å². The van der Waals surface area contributed by atoms with Crippen LogP contribution in [0.1, 0.15) is 37.7 Å². The van der Waals surface area contributed by atoms with Crippen molar-refractivity contribution in [2.24, 2.45) is 0 Å². The molecule has 0 saturated carbocycles. The van der Waals surface area contributed by atoms with Crippen molar-refractivity contribution >= 4 is 33.2 Å². The molecule has 0 bridgehead atoms. The Kier molecular flexibility index (Phi) is 8.35. The first kappa shape index (κ1) is 27.7. The maximum Gasteiger partial charge on any atom is 0.246 e. The minimum absolute atomic E-state index is 0.0700. The highest BCUT2D eigenvalue weighted by Crippen LogP contribution is 2.32. The van der Waals surface area contributed by atoms with Gasteiger partial charge in [-0.15, -0.1) is 0 Å².